The summed E-state index contributed by atoms with van der Waals surface area (Å²) in [6, 6.07) is 12.1. The first kappa shape index (κ1) is 18.3. The van der Waals surface area contributed by atoms with Gasteiger partial charge in [-0.25, -0.2) is 4.79 Å². The van der Waals surface area contributed by atoms with Gasteiger partial charge in [0, 0.05) is 30.0 Å². The molecule has 0 spiro atoms. The number of hydrogen-bond donors (Lipinski definition) is 2. The first-order chi connectivity index (χ1) is 12.1. The van der Waals surface area contributed by atoms with E-state index in [2.05, 4.69) is 10.6 Å². The number of carbonyl (C=O) groups is 1. The van der Waals surface area contributed by atoms with Crippen molar-refractivity contribution in [3.05, 3.63) is 42.5 Å². The highest BCUT2D eigenvalue weighted by Crippen LogP contribution is 2.27. The van der Waals surface area contributed by atoms with E-state index in [-0.39, 0.29) is 6.03 Å². The summed E-state index contributed by atoms with van der Waals surface area (Å²) in [6.45, 7) is 0.650. The van der Waals surface area contributed by atoms with Gasteiger partial charge in [0.1, 0.15) is 29.6 Å². The SMILES string of the molecule is COc1cccc(NC(=O)NCCOc2cc(OC)cc(OC)c2)c1. The predicted octanol–water partition coefficient (Wildman–Crippen LogP) is 2.91. The van der Waals surface area contributed by atoms with Gasteiger partial charge in [-0.1, -0.05) is 6.07 Å². The Balaban J connectivity index is 1.77. The van der Waals surface area contributed by atoms with E-state index in [0.29, 0.717) is 41.8 Å². The third-order valence-electron chi connectivity index (χ3n) is 3.31. The zero-order chi connectivity index (χ0) is 18.1. The van der Waals surface area contributed by atoms with Crippen LogP contribution in [0.15, 0.2) is 42.5 Å². The Bertz CT molecular complexity index is 683. The van der Waals surface area contributed by atoms with E-state index < -0.39 is 0 Å². The Morgan fingerprint density at radius 3 is 2.16 bits per heavy atom. The molecule has 0 aromatic heterocycles. The minimum atomic E-state index is -0.319. The zero-order valence-electron chi connectivity index (χ0n) is 14.5. The fraction of sp³-hybridized carbons (Fsp3) is 0.278. The van der Waals surface area contributed by atoms with Crippen molar-refractivity contribution >= 4 is 11.7 Å². The first-order valence-corrected chi connectivity index (χ1v) is 7.69. The molecule has 0 aliphatic rings. The van der Waals surface area contributed by atoms with Gasteiger partial charge < -0.3 is 29.6 Å². The van der Waals surface area contributed by atoms with Gasteiger partial charge in [-0.05, 0) is 12.1 Å². The van der Waals surface area contributed by atoms with Gasteiger partial charge in [0.15, 0.2) is 0 Å². The molecule has 0 aliphatic carbocycles. The van der Waals surface area contributed by atoms with E-state index >= 15 is 0 Å². The quantitative estimate of drug-likeness (QED) is 0.719. The molecule has 2 aromatic rings. The van der Waals surface area contributed by atoms with Gasteiger partial charge in [-0.3, -0.25) is 0 Å². The molecule has 0 heterocycles. The summed E-state index contributed by atoms with van der Waals surface area (Å²) in [5.41, 5.74) is 0.648. The van der Waals surface area contributed by atoms with Crippen molar-refractivity contribution < 1.29 is 23.7 Å². The molecule has 0 fully saturated rings. The zero-order valence-corrected chi connectivity index (χ0v) is 14.5. The normalized spacial score (nSPS) is 9.88. The van der Waals surface area contributed by atoms with E-state index in [1.807, 2.05) is 0 Å². The summed E-state index contributed by atoms with van der Waals surface area (Å²) >= 11 is 0. The highest BCUT2D eigenvalue weighted by Gasteiger charge is 2.05. The Labute approximate surface area is 146 Å². The highest BCUT2D eigenvalue weighted by atomic mass is 16.5. The number of urea groups is 1. The minimum absolute atomic E-state index is 0.307. The first-order valence-electron chi connectivity index (χ1n) is 7.69. The topological polar surface area (TPSA) is 78.1 Å². The number of amides is 2. The Morgan fingerprint density at radius 1 is 0.880 bits per heavy atom. The molecule has 0 atom stereocenters. The molecule has 0 unspecified atom stereocenters. The lowest BCUT2D eigenvalue weighted by molar-refractivity contribution is 0.247. The number of hydrogen-bond acceptors (Lipinski definition) is 5. The van der Waals surface area contributed by atoms with Crippen LogP contribution in [0, 0.1) is 0 Å². The molecule has 7 nitrogen and oxygen atoms in total. The molecule has 0 saturated heterocycles. The van der Waals surface area contributed by atoms with E-state index in [0.717, 1.165) is 0 Å². The molecule has 2 aromatic carbocycles. The third kappa shape index (κ3) is 5.80. The van der Waals surface area contributed by atoms with Crippen LogP contribution in [0.2, 0.25) is 0 Å². The second-order valence-electron chi connectivity index (χ2n) is 5.01. The Hall–Kier alpha value is -3.09. The van der Waals surface area contributed by atoms with Crippen molar-refractivity contribution in [2.24, 2.45) is 0 Å². The highest BCUT2D eigenvalue weighted by molar-refractivity contribution is 5.89. The Morgan fingerprint density at radius 2 is 1.52 bits per heavy atom. The molecular formula is C18H22N2O5. The van der Waals surface area contributed by atoms with Crippen LogP contribution in [0.4, 0.5) is 10.5 Å². The standard InChI is InChI=1S/C18H22N2O5/c1-22-14-6-4-5-13(9-14)20-18(21)19-7-8-25-17-11-15(23-2)10-16(12-17)24-3/h4-6,9-12H,7-8H2,1-3H3,(H2,19,20,21). The van der Waals surface area contributed by atoms with Crippen molar-refractivity contribution in [1.29, 1.82) is 0 Å². The van der Waals surface area contributed by atoms with Gasteiger partial charge in [0.2, 0.25) is 0 Å². The number of anilines is 1. The van der Waals surface area contributed by atoms with Crippen LogP contribution < -0.4 is 29.6 Å². The molecule has 2 amide bonds. The molecule has 2 rings (SSSR count). The van der Waals surface area contributed by atoms with Gasteiger partial charge in [-0.15, -0.1) is 0 Å². The molecule has 0 aliphatic heterocycles. The predicted molar refractivity (Wildman–Crippen MR) is 95.1 cm³/mol. The molecule has 0 saturated carbocycles. The van der Waals surface area contributed by atoms with Crippen molar-refractivity contribution in [1.82, 2.24) is 5.32 Å². The summed E-state index contributed by atoms with van der Waals surface area (Å²) < 4.78 is 21.1. The third-order valence-corrected chi connectivity index (χ3v) is 3.31. The van der Waals surface area contributed by atoms with Crippen LogP contribution >= 0.6 is 0 Å². The monoisotopic (exact) mass is 346 g/mol. The van der Waals surface area contributed by atoms with Gasteiger partial charge in [0.25, 0.3) is 0 Å². The molecule has 0 radical (unpaired) electrons. The van der Waals surface area contributed by atoms with Gasteiger partial charge >= 0.3 is 6.03 Å². The molecule has 0 bridgehead atoms. The van der Waals surface area contributed by atoms with Crippen LogP contribution in [0.1, 0.15) is 0 Å². The van der Waals surface area contributed by atoms with E-state index in [1.54, 1.807) is 63.8 Å². The summed E-state index contributed by atoms with van der Waals surface area (Å²) in [5, 5.41) is 5.44. The number of carbonyl (C=O) groups excluding carboxylic acids is 1. The number of methoxy groups -OCH3 is 3. The Kier molecular flexibility index (Phi) is 6.76. The van der Waals surface area contributed by atoms with Gasteiger partial charge in [-0.2, -0.15) is 0 Å². The number of ether oxygens (including phenoxy) is 4. The molecule has 2 N–H and O–H groups in total. The largest absolute Gasteiger partial charge is 0.497 e. The number of rotatable bonds is 8. The fourth-order valence-corrected chi connectivity index (χ4v) is 2.07. The van der Waals surface area contributed by atoms with Crippen LogP contribution in [-0.4, -0.2) is 40.5 Å². The van der Waals surface area contributed by atoms with Crippen molar-refractivity contribution in [2.75, 3.05) is 39.8 Å². The minimum Gasteiger partial charge on any atom is -0.497 e. The lowest BCUT2D eigenvalue weighted by Gasteiger charge is -2.11. The van der Waals surface area contributed by atoms with E-state index in [9.17, 15) is 4.79 Å². The molecule has 7 heteroatoms. The summed E-state index contributed by atoms with van der Waals surface area (Å²) in [6.07, 6.45) is 0. The fourth-order valence-electron chi connectivity index (χ4n) is 2.07. The van der Waals surface area contributed by atoms with E-state index in [1.165, 1.54) is 0 Å². The summed E-state index contributed by atoms with van der Waals surface area (Å²) in [4.78, 5) is 11.9. The van der Waals surface area contributed by atoms with Crippen molar-refractivity contribution in [3.63, 3.8) is 0 Å². The molecular weight excluding hydrogens is 324 g/mol. The number of benzene rings is 2. The molecule has 134 valence electrons. The summed E-state index contributed by atoms with van der Waals surface area (Å²) in [5.74, 6) is 2.55. The van der Waals surface area contributed by atoms with Crippen LogP contribution in [0.3, 0.4) is 0 Å². The maximum Gasteiger partial charge on any atom is 0.319 e. The second kappa shape index (κ2) is 9.27. The lowest BCUT2D eigenvalue weighted by Crippen LogP contribution is -2.32. The average Bonchev–Trinajstić information content (AvgIpc) is 2.65. The second-order valence-corrected chi connectivity index (χ2v) is 5.01. The van der Waals surface area contributed by atoms with Gasteiger partial charge in [0.05, 0.1) is 27.9 Å². The maximum absolute atomic E-state index is 11.9. The maximum atomic E-state index is 11.9. The smallest absolute Gasteiger partial charge is 0.319 e. The lowest BCUT2D eigenvalue weighted by atomic mass is 10.3. The van der Waals surface area contributed by atoms with Crippen LogP contribution in [0.5, 0.6) is 23.0 Å². The van der Waals surface area contributed by atoms with Crippen LogP contribution in [0.25, 0.3) is 0 Å². The molecule has 25 heavy (non-hydrogen) atoms. The van der Waals surface area contributed by atoms with Crippen LogP contribution in [-0.2, 0) is 0 Å². The van der Waals surface area contributed by atoms with Crippen molar-refractivity contribution in [3.8, 4) is 23.0 Å². The summed E-state index contributed by atoms with van der Waals surface area (Å²) in [7, 11) is 4.72. The average molecular weight is 346 g/mol. The number of nitrogens with one attached hydrogen (secondary N) is 2. The van der Waals surface area contributed by atoms with Crippen molar-refractivity contribution in [2.45, 2.75) is 0 Å². The van der Waals surface area contributed by atoms with E-state index in [4.69, 9.17) is 18.9 Å².